The Labute approximate surface area is 208 Å². The van der Waals surface area contributed by atoms with Crippen molar-refractivity contribution in [2.75, 3.05) is 12.3 Å². The Balaban J connectivity index is 1.51. The van der Waals surface area contributed by atoms with Crippen LogP contribution in [0.4, 0.5) is 10.6 Å². The number of urea groups is 1. The van der Waals surface area contributed by atoms with Crippen LogP contribution in [0.3, 0.4) is 0 Å². The lowest BCUT2D eigenvalue weighted by molar-refractivity contribution is 0.241. The second-order valence-corrected chi connectivity index (χ2v) is 9.82. The highest BCUT2D eigenvalue weighted by molar-refractivity contribution is 7.99. The second kappa shape index (κ2) is 11.1. The Morgan fingerprint density at radius 3 is 2.40 bits per heavy atom. The largest absolute Gasteiger partial charge is 0.382 e. The summed E-state index contributed by atoms with van der Waals surface area (Å²) in [5.74, 6) is 0.719. The van der Waals surface area contributed by atoms with Crippen molar-refractivity contribution in [1.82, 2.24) is 25.8 Å². The number of amides is 2. The van der Waals surface area contributed by atoms with Crippen LogP contribution in [-0.2, 0) is 6.54 Å². The van der Waals surface area contributed by atoms with Gasteiger partial charge in [0.25, 0.3) is 0 Å². The number of benzene rings is 2. The predicted molar refractivity (Wildman–Crippen MR) is 140 cm³/mol. The van der Waals surface area contributed by atoms with E-state index in [2.05, 4.69) is 46.8 Å². The van der Waals surface area contributed by atoms with Gasteiger partial charge in [-0.1, -0.05) is 55.4 Å². The molecule has 0 unspecified atom stereocenters. The predicted octanol–water partition coefficient (Wildman–Crippen LogP) is 5.37. The van der Waals surface area contributed by atoms with Crippen LogP contribution in [0.5, 0.6) is 0 Å². The summed E-state index contributed by atoms with van der Waals surface area (Å²) in [5.41, 5.74) is 10.7. The van der Waals surface area contributed by atoms with Gasteiger partial charge in [-0.2, -0.15) is 0 Å². The van der Waals surface area contributed by atoms with Crippen molar-refractivity contribution >= 4 is 23.6 Å². The Morgan fingerprint density at radius 1 is 1.03 bits per heavy atom. The zero-order chi connectivity index (χ0) is 24.8. The molecule has 0 fully saturated rings. The van der Waals surface area contributed by atoms with Crippen LogP contribution in [0.1, 0.15) is 26.3 Å². The first kappa shape index (κ1) is 24.3. The van der Waals surface area contributed by atoms with E-state index in [0.717, 1.165) is 16.7 Å². The standard InChI is InChI=1S/C26H28N6O2S/c1-4-28-26(33)30-14-17-5-7-18(8-6-17)21-13-23(34-32-21)24-25(27)29-15-22(31-24)19-9-11-20(12-10-19)35-16(2)3/h5-13,15-16H,4,14H2,1-3H3,(H2,27,29)(H2,28,30,33). The third-order valence-electron chi connectivity index (χ3n) is 5.11. The highest BCUT2D eigenvalue weighted by Crippen LogP contribution is 2.31. The maximum Gasteiger partial charge on any atom is 0.315 e. The number of hydrogen-bond acceptors (Lipinski definition) is 7. The van der Waals surface area contributed by atoms with E-state index in [4.69, 9.17) is 15.2 Å². The topological polar surface area (TPSA) is 119 Å². The van der Waals surface area contributed by atoms with Crippen molar-refractivity contribution in [3.8, 4) is 34.0 Å². The summed E-state index contributed by atoms with van der Waals surface area (Å²) in [6.45, 7) is 7.23. The Morgan fingerprint density at radius 2 is 1.71 bits per heavy atom. The average molecular weight is 489 g/mol. The molecule has 0 aliphatic rings. The third-order valence-corrected chi connectivity index (χ3v) is 6.12. The number of nitrogens with two attached hydrogens (primary N) is 1. The van der Waals surface area contributed by atoms with Gasteiger partial charge in [0.2, 0.25) is 0 Å². The second-order valence-electron chi connectivity index (χ2n) is 8.17. The fourth-order valence-electron chi connectivity index (χ4n) is 3.42. The summed E-state index contributed by atoms with van der Waals surface area (Å²) in [4.78, 5) is 21.8. The molecule has 35 heavy (non-hydrogen) atoms. The molecule has 0 saturated carbocycles. The first-order valence-corrected chi connectivity index (χ1v) is 12.3. The van der Waals surface area contributed by atoms with Gasteiger partial charge >= 0.3 is 6.03 Å². The van der Waals surface area contributed by atoms with E-state index in [1.54, 1.807) is 12.3 Å². The fraction of sp³-hybridized carbons (Fsp3) is 0.231. The normalized spacial score (nSPS) is 11.0. The van der Waals surface area contributed by atoms with Crippen LogP contribution < -0.4 is 16.4 Å². The van der Waals surface area contributed by atoms with Gasteiger partial charge in [0.15, 0.2) is 17.3 Å². The smallest absolute Gasteiger partial charge is 0.315 e. The van der Waals surface area contributed by atoms with Gasteiger partial charge in [-0.15, -0.1) is 11.8 Å². The van der Waals surface area contributed by atoms with Crippen molar-refractivity contribution < 1.29 is 9.32 Å². The van der Waals surface area contributed by atoms with E-state index >= 15 is 0 Å². The van der Waals surface area contributed by atoms with Gasteiger partial charge in [0, 0.05) is 40.4 Å². The van der Waals surface area contributed by atoms with Crippen LogP contribution >= 0.6 is 11.8 Å². The van der Waals surface area contributed by atoms with Gasteiger partial charge in [-0.3, -0.25) is 0 Å². The summed E-state index contributed by atoms with van der Waals surface area (Å²) in [6.07, 6.45) is 1.66. The quantitative estimate of drug-likeness (QED) is 0.285. The number of thioether (sulfide) groups is 1. The summed E-state index contributed by atoms with van der Waals surface area (Å²) in [7, 11) is 0. The van der Waals surface area contributed by atoms with Crippen molar-refractivity contribution in [2.24, 2.45) is 0 Å². The molecule has 0 bridgehead atoms. The van der Waals surface area contributed by atoms with Gasteiger partial charge in [0.05, 0.1) is 11.9 Å². The molecule has 4 rings (SSSR count). The van der Waals surface area contributed by atoms with E-state index < -0.39 is 0 Å². The minimum absolute atomic E-state index is 0.191. The van der Waals surface area contributed by atoms with E-state index in [-0.39, 0.29) is 11.8 Å². The molecule has 2 aromatic carbocycles. The van der Waals surface area contributed by atoms with Gasteiger partial charge in [0.1, 0.15) is 5.69 Å². The van der Waals surface area contributed by atoms with Crippen molar-refractivity contribution in [3.63, 3.8) is 0 Å². The summed E-state index contributed by atoms with van der Waals surface area (Å²) in [5, 5.41) is 10.2. The van der Waals surface area contributed by atoms with E-state index in [9.17, 15) is 4.79 Å². The molecule has 0 aliphatic carbocycles. The summed E-state index contributed by atoms with van der Waals surface area (Å²) < 4.78 is 5.57. The van der Waals surface area contributed by atoms with Gasteiger partial charge in [-0.05, 0) is 24.6 Å². The molecule has 2 amide bonds. The number of hydrogen-bond donors (Lipinski definition) is 3. The highest BCUT2D eigenvalue weighted by atomic mass is 32.2. The van der Waals surface area contributed by atoms with E-state index in [0.29, 0.717) is 41.2 Å². The first-order chi connectivity index (χ1) is 16.9. The molecule has 8 nitrogen and oxygen atoms in total. The van der Waals surface area contributed by atoms with Crippen LogP contribution in [0.15, 0.2) is 70.2 Å². The fourth-order valence-corrected chi connectivity index (χ4v) is 4.25. The Kier molecular flexibility index (Phi) is 7.67. The molecule has 0 atom stereocenters. The van der Waals surface area contributed by atoms with Crippen LogP contribution in [0.25, 0.3) is 34.0 Å². The molecule has 4 aromatic rings. The number of carbonyl (C=O) groups excluding carboxylic acids is 1. The van der Waals surface area contributed by atoms with Crippen molar-refractivity contribution in [3.05, 3.63) is 66.4 Å². The van der Waals surface area contributed by atoms with E-state index in [1.165, 1.54) is 4.90 Å². The minimum atomic E-state index is -0.191. The molecule has 0 spiro atoms. The average Bonchev–Trinajstić information content (AvgIpc) is 3.34. The third kappa shape index (κ3) is 6.19. The number of aromatic nitrogens is 3. The van der Waals surface area contributed by atoms with E-state index in [1.807, 2.05) is 55.1 Å². The van der Waals surface area contributed by atoms with Crippen LogP contribution in [-0.4, -0.2) is 33.0 Å². The molecule has 0 aliphatic heterocycles. The lowest BCUT2D eigenvalue weighted by atomic mass is 10.1. The lowest BCUT2D eigenvalue weighted by Gasteiger charge is -2.07. The number of nitrogens with zero attached hydrogens (tertiary/aromatic N) is 3. The summed E-state index contributed by atoms with van der Waals surface area (Å²) >= 11 is 1.81. The monoisotopic (exact) mass is 488 g/mol. The Hall–Kier alpha value is -3.85. The molecular formula is C26H28N6O2S. The number of carbonyl (C=O) groups is 1. The molecule has 2 aromatic heterocycles. The number of rotatable bonds is 8. The maximum atomic E-state index is 11.6. The van der Waals surface area contributed by atoms with Gasteiger partial charge < -0.3 is 20.9 Å². The molecule has 0 radical (unpaired) electrons. The van der Waals surface area contributed by atoms with Crippen LogP contribution in [0.2, 0.25) is 0 Å². The zero-order valence-electron chi connectivity index (χ0n) is 19.9. The van der Waals surface area contributed by atoms with Gasteiger partial charge in [-0.25, -0.2) is 14.8 Å². The summed E-state index contributed by atoms with van der Waals surface area (Å²) in [6, 6.07) is 17.6. The van der Waals surface area contributed by atoms with Crippen molar-refractivity contribution in [2.45, 2.75) is 37.5 Å². The molecule has 2 heterocycles. The minimum Gasteiger partial charge on any atom is -0.382 e. The number of nitrogens with one attached hydrogen (secondary N) is 2. The number of nitrogen functional groups attached to an aromatic ring is 1. The SMILES string of the molecule is CCNC(=O)NCc1ccc(-c2cc(-c3nc(-c4ccc(SC(C)C)cc4)cnc3N)on2)cc1. The lowest BCUT2D eigenvalue weighted by Crippen LogP contribution is -2.34. The zero-order valence-corrected chi connectivity index (χ0v) is 20.7. The molecule has 4 N–H and O–H groups in total. The molecular weight excluding hydrogens is 460 g/mol. The Bertz CT molecular complexity index is 1290. The van der Waals surface area contributed by atoms with Crippen LogP contribution in [0, 0.1) is 0 Å². The van der Waals surface area contributed by atoms with Crippen molar-refractivity contribution in [1.29, 1.82) is 0 Å². The highest BCUT2D eigenvalue weighted by Gasteiger charge is 2.15. The molecule has 9 heteroatoms. The maximum absolute atomic E-state index is 11.6. The first-order valence-electron chi connectivity index (χ1n) is 11.4. The molecule has 180 valence electrons. The number of anilines is 1. The molecule has 0 saturated heterocycles.